The Balaban J connectivity index is 1.94. The van der Waals surface area contributed by atoms with Gasteiger partial charge in [-0.1, -0.05) is 89.3 Å². The van der Waals surface area contributed by atoms with E-state index >= 15 is 0 Å². The number of halogens is 1. The van der Waals surface area contributed by atoms with Gasteiger partial charge in [0.05, 0.1) is 3.42 Å². The fourth-order valence-electron chi connectivity index (χ4n) is 3.25. The third-order valence-electron chi connectivity index (χ3n) is 4.36. The van der Waals surface area contributed by atoms with E-state index in [0.717, 1.165) is 0 Å². The number of benzene rings is 3. The SMILES string of the molecule is CC1(I)c2ccccc2-c2ccc(-c3ccccc3)cc21. The van der Waals surface area contributed by atoms with Gasteiger partial charge in [-0.2, -0.15) is 0 Å². The molecule has 102 valence electrons. The van der Waals surface area contributed by atoms with Crippen LogP contribution in [0.15, 0.2) is 72.8 Å². The summed E-state index contributed by atoms with van der Waals surface area (Å²) in [5, 5.41) is 0. The third-order valence-corrected chi connectivity index (χ3v) is 5.52. The minimum absolute atomic E-state index is 0.0501. The van der Waals surface area contributed by atoms with Gasteiger partial charge in [-0.05, 0) is 46.4 Å². The molecule has 1 atom stereocenters. The molecule has 0 heterocycles. The van der Waals surface area contributed by atoms with Crippen molar-refractivity contribution in [3.63, 3.8) is 0 Å². The first kappa shape index (κ1) is 13.1. The summed E-state index contributed by atoms with van der Waals surface area (Å²) in [6, 6.07) is 26.2. The van der Waals surface area contributed by atoms with Crippen LogP contribution >= 0.6 is 22.6 Å². The molecule has 0 amide bonds. The number of hydrogen-bond acceptors (Lipinski definition) is 0. The lowest BCUT2D eigenvalue weighted by Gasteiger charge is -2.19. The van der Waals surface area contributed by atoms with Crippen molar-refractivity contribution in [1.82, 2.24) is 0 Å². The molecule has 3 aromatic rings. The monoisotopic (exact) mass is 382 g/mol. The lowest BCUT2D eigenvalue weighted by atomic mass is 9.95. The molecule has 1 aliphatic rings. The van der Waals surface area contributed by atoms with Crippen LogP contribution < -0.4 is 0 Å². The molecule has 1 unspecified atom stereocenters. The van der Waals surface area contributed by atoms with Crippen molar-refractivity contribution in [2.75, 3.05) is 0 Å². The van der Waals surface area contributed by atoms with E-state index in [0.29, 0.717) is 0 Å². The predicted molar refractivity (Wildman–Crippen MR) is 97.8 cm³/mol. The van der Waals surface area contributed by atoms with Crippen LogP contribution in [0.2, 0.25) is 0 Å². The van der Waals surface area contributed by atoms with Crippen molar-refractivity contribution in [2.45, 2.75) is 10.3 Å². The molecule has 4 rings (SSSR count). The highest BCUT2D eigenvalue weighted by atomic mass is 127. The number of rotatable bonds is 1. The summed E-state index contributed by atoms with van der Waals surface area (Å²) in [6.45, 7) is 2.31. The lowest BCUT2D eigenvalue weighted by Crippen LogP contribution is -2.10. The Morgan fingerprint density at radius 1 is 0.667 bits per heavy atom. The van der Waals surface area contributed by atoms with Crippen molar-refractivity contribution in [1.29, 1.82) is 0 Å². The van der Waals surface area contributed by atoms with Crippen molar-refractivity contribution >= 4 is 22.6 Å². The smallest absolute Gasteiger partial charge is 0.0686 e. The van der Waals surface area contributed by atoms with Gasteiger partial charge in [-0.3, -0.25) is 0 Å². The second kappa shape index (κ2) is 4.70. The Morgan fingerprint density at radius 3 is 2.14 bits per heavy atom. The van der Waals surface area contributed by atoms with Gasteiger partial charge in [0.2, 0.25) is 0 Å². The molecule has 0 nitrogen and oxygen atoms in total. The highest BCUT2D eigenvalue weighted by molar-refractivity contribution is 14.1. The summed E-state index contributed by atoms with van der Waals surface area (Å²) < 4.78 is 0.0501. The molecule has 1 aliphatic carbocycles. The fourth-order valence-corrected chi connectivity index (χ4v) is 4.17. The van der Waals surface area contributed by atoms with E-state index in [1.807, 2.05) is 0 Å². The fraction of sp³-hybridized carbons (Fsp3) is 0.100. The standard InChI is InChI=1S/C20H15I/c1-20(21)18-10-6-5-9-16(18)17-12-11-15(13-19(17)20)14-7-3-2-4-8-14/h2-13H,1H3. The zero-order chi connectivity index (χ0) is 14.4. The van der Waals surface area contributed by atoms with E-state index < -0.39 is 0 Å². The molecule has 0 bridgehead atoms. The van der Waals surface area contributed by atoms with Gasteiger partial charge >= 0.3 is 0 Å². The molecular formula is C20H15I. The quantitative estimate of drug-likeness (QED) is 0.356. The van der Waals surface area contributed by atoms with Crippen molar-refractivity contribution in [2.24, 2.45) is 0 Å². The number of alkyl halides is 1. The zero-order valence-electron chi connectivity index (χ0n) is 11.8. The van der Waals surface area contributed by atoms with Crippen LogP contribution in [0, 0.1) is 0 Å². The van der Waals surface area contributed by atoms with E-state index in [9.17, 15) is 0 Å². The largest absolute Gasteiger partial charge is 0.0702 e. The molecule has 0 fully saturated rings. The molecule has 0 saturated carbocycles. The van der Waals surface area contributed by atoms with Gasteiger partial charge in [0.25, 0.3) is 0 Å². The van der Waals surface area contributed by atoms with E-state index in [-0.39, 0.29) is 3.42 Å². The van der Waals surface area contributed by atoms with Gasteiger partial charge in [0, 0.05) is 0 Å². The highest BCUT2D eigenvalue weighted by Gasteiger charge is 2.36. The average Bonchev–Trinajstić information content (AvgIpc) is 2.77. The Labute approximate surface area is 139 Å². The van der Waals surface area contributed by atoms with Crippen LogP contribution in [-0.4, -0.2) is 0 Å². The van der Waals surface area contributed by atoms with Gasteiger partial charge in [0.15, 0.2) is 0 Å². The molecule has 3 aromatic carbocycles. The van der Waals surface area contributed by atoms with Crippen LogP contribution in [0.4, 0.5) is 0 Å². The highest BCUT2D eigenvalue weighted by Crippen LogP contribution is 2.53. The van der Waals surface area contributed by atoms with Crippen molar-refractivity contribution in [3.8, 4) is 22.3 Å². The van der Waals surface area contributed by atoms with E-state index in [4.69, 9.17) is 0 Å². The Hall–Kier alpha value is -1.61. The number of hydrogen-bond donors (Lipinski definition) is 0. The maximum absolute atomic E-state index is 2.59. The maximum Gasteiger partial charge on any atom is 0.0702 e. The van der Waals surface area contributed by atoms with Crippen molar-refractivity contribution in [3.05, 3.63) is 83.9 Å². The van der Waals surface area contributed by atoms with E-state index in [1.54, 1.807) is 0 Å². The molecule has 0 spiro atoms. The zero-order valence-corrected chi connectivity index (χ0v) is 14.0. The van der Waals surface area contributed by atoms with Gasteiger partial charge in [-0.25, -0.2) is 0 Å². The summed E-state index contributed by atoms with van der Waals surface area (Å²) in [5.41, 5.74) is 8.18. The topological polar surface area (TPSA) is 0 Å². The van der Waals surface area contributed by atoms with Crippen LogP contribution in [0.1, 0.15) is 18.1 Å². The second-order valence-corrected chi connectivity index (χ2v) is 7.83. The van der Waals surface area contributed by atoms with Gasteiger partial charge in [-0.15, -0.1) is 0 Å². The molecule has 0 aromatic heterocycles. The summed E-state index contributed by atoms with van der Waals surface area (Å²) >= 11 is 2.59. The number of fused-ring (bicyclic) bond motifs is 3. The normalized spacial score (nSPS) is 19.1. The van der Waals surface area contributed by atoms with Crippen LogP contribution in [-0.2, 0) is 3.42 Å². The molecule has 0 saturated heterocycles. The Bertz CT molecular complexity index is 816. The second-order valence-electron chi connectivity index (χ2n) is 5.67. The Kier molecular flexibility index (Phi) is 2.93. The first-order chi connectivity index (χ1) is 10.2. The van der Waals surface area contributed by atoms with Crippen LogP contribution in [0.3, 0.4) is 0 Å². The lowest BCUT2D eigenvalue weighted by molar-refractivity contribution is 0.916. The van der Waals surface area contributed by atoms with Gasteiger partial charge < -0.3 is 0 Å². The minimum Gasteiger partial charge on any atom is -0.0686 e. The first-order valence-corrected chi connectivity index (χ1v) is 8.24. The molecular weight excluding hydrogens is 367 g/mol. The summed E-state index contributed by atoms with van der Waals surface area (Å²) in [7, 11) is 0. The maximum atomic E-state index is 2.59. The van der Waals surface area contributed by atoms with Gasteiger partial charge in [0.1, 0.15) is 0 Å². The van der Waals surface area contributed by atoms with E-state index in [2.05, 4.69) is 102 Å². The molecule has 0 radical (unpaired) electrons. The minimum atomic E-state index is 0.0501. The molecule has 21 heavy (non-hydrogen) atoms. The average molecular weight is 382 g/mol. The molecule has 0 aliphatic heterocycles. The summed E-state index contributed by atoms with van der Waals surface area (Å²) in [5.74, 6) is 0. The third kappa shape index (κ3) is 1.95. The first-order valence-electron chi connectivity index (χ1n) is 7.17. The summed E-state index contributed by atoms with van der Waals surface area (Å²) in [4.78, 5) is 0. The molecule has 1 heteroatoms. The van der Waals surface area contributed by atoms with Crippen LogP contribution in [0.25, 0.3) is 22.3 Å². The Morgan fingerprint density at radius 2 is 1.33 bits per heavy atom. The summed E-state index contributed by atoms with van der Waals surface area (Å²) in [6.07, 6.45) is 0. The molecule has 0 N–H and O–H groups in total. The van der Waals surface area contributed by atoms with Crippen LogP contribution in [0.5, 0.6) is 0 Å². The van der Waals surface area contributed by atoms with Crippen molar-refractivity contribution < 1.29 is 0 Å². The predicted octanol–water partition coefficient (Wildman–Crippen LogP) is 6.03. The van der Waals surface area contributed by atoms with E-state index in [1.165, 1.54) is 33.4 Å².